The first-order chi connectivity index (χ1) is 7.28. The van der Waals surface area contributed by atoms with Crippen molar-refractivity contribution < 1.29 is 0 Å². The molecule has 0 aliphatic carbocycles. The van der Waals surface area contributed by atoms with E-state index in [4.69, 9.17) is 5.73 Å². The van der Waals surface area contributed by atoms with Gasteiger partial charge in [-0.3, -0.25) is 5.10 Å². The van der Waals surface area contributed by atoms with E-state index in [0.29, 0.717) is 16.9 Å². The lowest BCUT2D eigenvalue weighted by molar-refractivity contribution is 0.900. The van der Waals surface area contributed by atoms with Gasteiger partial charge in [0.15, 0.2) is 5.16 Å². The van der Waals surface area contributed by atoms with Gasteiger partial charge in [0.05, 0.1) is 0 Å². The zero-order valence-electron chi connectivity index (χ0n) is 8.14. The number of aryl methyl sites for hydroxylation is 1. The Hall–Kier alpha value is -1.47. The van der Waals surface area contributed by atoms with Gasteiger partial charge in [-0.05, 0) is 18.7 Å². The molecule has 0 spiro atoms. The average molecular weight is 222 g/mol. The van der Waals surface area contributed by atoms with E-state index in [1.165, 1.54) is 11.8 Å². The van der Waals surface area contributed by atoms with Gasteiger partial charge in [0, 0.05) is 24.5 Å². The molecule has 0 saturated carbocycles. The molecule has 2 rings (SSSR count). The van der Waals surface area contributed by atoms with E-state index < -0.39 is 0 Å². The second-order valence-electron chi connectivity index (χ2n) is 2.88. The summed E-state index contributed by atoms with van der Waals surface area (Å²) < 4.78 is 0. The lowest BCUT2D eigenvalue weighted by Crippen LogP contribution is -1.98. The molecule has 0 unspecified atom stereocenters. The van der Waals surface area contributed by atoms with Crippen molar-refractivity contribution in [3.05, 3.63) is 23.8 Å². The van der Waals surface area contributed by atoms with Crippen molar-refractivity contribution in [3.8, 4) is 0 Å². The predicted octanol–water partition coefficient (Wildman–Crippen LogP) is 0.513. The third kappa shape index (κ3) is 2.51. The SMILES string of the molecule is Cc1nc(Sc2ncc(CN)cn2)n[nH]1. The Labute approximate surface area is 90.7 Å². The lowest BCUT2D eigenvalue weighted by Gasteiger charge is -1.96. The molecule has 0 saturated heterocycles. The van der Waals surface area contributed by atoms with Crippen LogP contribution >= 0.6 is 11.8 Å². The van der Waals surface area contributed by atoms with Crippen molar-refractivity contribution in [1.82, 2.24) is 25.1 Å². The monoisotopic (exact) mass is 222 g/mol. The lowest BCUT2D eigenvalue weighted by atomic mass is 10.4. The highest BCUT2D eigenvalue weighted by molar-refractivity contribution is 7.99. The number of aromatic nitrogens is 5. The van der Waals surface area contributed by atoms with E-state index >= 15 is 0 Å². The Balaban J connectivity index is 2.11. The number of nitrogens with two attached hydrogens (primary N) is 1. The molecule has 0 fully saturated rings. The molecular weight excluding hydrogens is 212 g/mol. The highest BCUT2D eigenvalue weighted by atomic mass is 32.2. The van der Waals surface area contributed by atoms with Crippen LogP contribution in [-0.4, -0.2) is 25.1 Å². The molecule has 0 aromatic carbocycles. The molecule has 0 radical (unpaired) electrons. The second kappa shape index (κ2) is 4.37. The van der Waals surface area contributed by atoms with Crippen LogP contribution in [0.25, 0.3) is 0 Å². The van der Waals surface area contributed by atoms with E-state index in [1.54, 1.807) is 12.4 Å². The second-order valence-corrected chi connectivity index (χ2v) is 3.82. The molecule has 0 atom stereocenters. The summed E-state index contributed by atoms with van der Waals surface area (Å²) in [4.78, 5) is 12.4. The van der Waals surface area contributed by atoms with Crippen LogP contribution in [0.2, 0.25) is 0 Å². The quantitative estimate of drug-likeness (QED) is 0.735. The predicted molar refractivity (Wildman–Crippen MR) is 55.2 cm³/mol. The molecule has 0 amide bonds. The Morgan fingerprint density at radius 2 is 2.07 bits per heavy atom. The summed E-state index contributed by atoms with van der Waals surface area (Å²) in [6, 6.07) is 0. The van der Waals surface area contributed by atoms with E-state index in [9.17, 15) is 0 Å². The normalized spacial score (nSPS) is 10.5. The molecule has 6 nitrogen and oxygen atoms in total. The number of nitrogens with one attached hydrogen (secondary N) is 1. The number of hydrogen-bond acceptors (Lipinski definition) is 6. The molecule has 15 heavy (non-hydrogen) atoms. The van der Waals surface area contributed by atoms with Crippen LogP contribution in [0.3, 0.4) is 0 Å². The zero-order valence-corrected chi connectivity index (χ0v) is 8.95. The Bertz CT molecular complexity index is 437. The number of hydrogen-bond donors (Lipinski definition) is 2. The molecule has 0 aliphatic heterocycles. The van der Waals surface area contributed by atoms with Crippen LogP contribution in [0, 0.1) is 6.92 Å². The number of rotatable bonds is 3. The summed E-state index contributed by atoms with van der Waals surface area (Å²) >= 11 is 1.31. The molecule has 7 heteroatoms. The minimum atomic E-state index is 0.449. The van der Waals surface area contributed by atoms with Gasteiger partial charge >= 0.3 is 0 Å². The van der Waals surface area contributed by atoms with Crippen LogP contribution in [0.4, 0.5) is 0 Å². The van der Waals surface area contributed by atoms with Crippen LogP contribution < -0.4 is 5.73 Å². The summed E-state index contributed by atoms with van der Waals surface area (Å²) in [5.74, 6) is 0.774. The summed E-state index contributed by atoms with van der Waals surface area (Å²) in [5, 5.41) is 7.97. The highest BCUT2D eigenvalue weighted by Gasteiger charge is 2.04. The van der Waals surface area contributed by atoms with Gasteiger partial charge in [-0.25, -0.2) is 15.0 Å². The van der Waals surface area contributed by atoms with E-state index in [1.807, 2.05) is 6.92 Å². The van der Waals surface area contributed by atoms with Crippen LogP contribution in [0.15, 0.2) is 22.7 Å². The molecule has 78 valence electrons. The maximum Gasteiger partial charge on any atom is 0.216 e. The summed E-state index contributed by atoms with van der Waals surface area (Å²) in [5.41, 5.74) is 6.35. The molecule has 0 aliphatic rings. The molecule has 2 heterocycles. The van der Waals surface area contributed by atoms with Gasteiger partial charge in [-0.15, -0.1) is 5.10 Å². The highest BCUT2D eigenvalue weighted by Crippen LogP contribution is 2.19. The van der Waals surface area contributed by atoms with Crippen molar-refractivity contribution in [3.63, 3.8) is 0 Å². The molecular formula is C8H10N6S. The van der Waals surface area contributed by atoms with E-state index in [0.717, 1.165) is 11.4 Å². The van der Waals surface area contributed by atoms with Gasteiger partial charge in [0.1, 0.15) is 5.82 Å². The van der Waals surface area contributed by atoms with Crippen LogP contribution in [0.5, 0.6) is 0 Å². The van der Waals surface area contributed by atoms with Crippen molar-refractivity contribution in [2.24, 2.45) is 5.73 Å². The fraction of sp³-hybridized carbons (Fsp3) is 0.250. The zero-order chi connectivity index (χ0) is 10.7. The number of nitrogens with zero attached hydrogens (tertiary/aromatic N) is 4. The summed E-state index contributed by atoms with van der Waals surface area (Å²) in [6.07, 6.45) is 3.41. The number of H-pyrrole nitrogens is 1. The van der Waals surface area contributed by atoms with Gasteiger partial charge in [-0.2, -0.15) is 0 Å². The third-order valence-corrected chi connectivity index (χ3v) is 2.44. The Morgan fingerprint density at radius 1 is 1.33 bits per heavy atom. The van der Waals surface area contributed by atoms with Gasteiger partial charge in [0.2, 0.25) is 5.16 Å². The van der Waals surface area contributed by atoms with Gasteiger partial charge < -0.3 is 5.73 Å². The van der Waals surface area contributed by atoms with Crippen LogP contribution in [0.1, 0.15) is 11.4 Å². The Morgan fingerprint density at radius 3 is 2.60 bits per heavy atom. The first-order valence-electron chi connectivity index (χ1n) is 4.36. The largest absolute Gasteiger partial charge is 0.326 e. The fourth-order valence-corrected chi connectivity index (χ4v) is 1.60. The third-order valence-electron chi connectivity index (χ3n) is 1.68. The molecule has 2 aromatic rings. The van der Waals surface area contributed by atoms with E-state index in [-0.39, 0.29) is 0 Å². The maximum absolute atomic E-state index is 5.44. The topological polar surface area (TPSA) is 93.4 Å². The smallest absolute Gasteiger partial charge is 0.216 e. The van der Waals surface area contributed by atoms with Crippen LogP contribution in [-0.2, 0) is 6.54 Å². The maximum atomic E-state index is 5.44. The fourth-order valence-electron chi connectivity index (χ4n) is 0.951. The van der Waals surface area contributed by atoms with Crippen molar-refractivity contribution in [2.45, 2.75) is 23.8 Å². The van der Waals surface area contributed by atoms with Crippen molar-refractivity contribution >= 4 is 11.8 Å². The summed E-state index contributed by atoms with van der Waals surface area (Å²) in [7, 11) is 0. The molecule has 3 N–H and O–H groups in total. The van der Waals surface area contributed by atoms with E-state index in [2.05, 4.69) is 25.1 Å². The minimum Gasteiger partial charge on any atom is -0.326 e. The van der Waals surface area contributed by atoms with Crippen molar-refractivity contribution in [1.29, 1.82) is 0 Å². The Kier molecular flexibility index (Phi) is 2.93. The number of aromatic amines is 1. The standard InChI is InChI=1S/C8H10N6S/c1-5-12-8(14-13-5)15-7-10-3-6(2-9)4-11-7/h3-4H,2,9H2,1H3,(H,12,13,14). The average Bonchev–Trinajstić information content (AvgIpc) is 2.65. The van der Waals surface area contributed by atoms with Crippen molar-refractivity contribution in [2.75, 3.05) is 0 Å². The molecule has 0 bridgehead atoms. The minimum absolute atomic E-state index is 0.449. The molecule has 2 aromatic heterocycles. The first-order valence-corrected chi connectivity index (χ1v) is 5.17. The first kappa shape index (κ1) is 10.1. The summed E-state index contributed by atoms with van der Waals surface area (Å²) in [6.45, 7) is 2.29. The van der Waals surface area contributed by atoms with Gasteiger partial charge in [0.25, 0.3) is 0 Å². The van der Waals surface area contributed by atoms with Gasteiger partial charge in [-0.1, -0.05) is 0 Å².